The number of benzene rings is 2. The zero-order valence-corrected chi connectivity index (χ0v) is 20.4. The monoisotopic (exact) mass is 472 g/mol. The van der Waals surface area contributed by atoms with Gasteiger partial charge in [-0.2, -0.15) is 0 Å². The SMILES string of the molecule is CC(C)OCCCOc1ccc(C(C)(C)c2cc(Cl)c(OCCCCl)c(Cl)c2)cc1. The Morgan fingerprint density at radius 2 is 1.43 bits per heavy atom. The third-order valence-electron chi connectivity index (χ3n) is 4.83. The molecule has 3 nitrogen and oxygen atoms in total. The topological polar surface area (TPSA) is 27.7 Å². The van der Waals surface area contributed by atoms with E-state index in [0.717, 1.165) is 29.7 Å². The second kappa shape index (κ2) is 12.0. The largest absolute Gasteiger partial charge is 0.494 e. The predicted octanol–water partition coefficient (Wildman–Crippen LogP) is 7.52. The molecule has 0 aliphatic carbocycles. The van der Waals surface area contributed by atoms with Gasteiger partial charge in [0.2, 0.25) is 0 Å². The van der Waals surface area contributed by atoms with Gasteiger partial charge in [-0.3, -0.25) is 0 Å². The Bertz CT molecular complexity index is 766. The molecule has 0 unspecified atom stereocenters. The van der Waals surface area contributed by atoms with Crippen molar-refractivity contribution in [2.75, 3.05) is 25.7 Å². The van der Waals surface area contributed by atoms with E-state index in [-0.39, 0.29) is 11.5 Å². The van der Waals surface area contributed by atoms with Crippen LogP contribution in [0, 0.1) is 0 Å². The molecule has 0 atom stereocenters. The molecular formula is C24H31Cl3O3. The van der Waals surface area contributed by atoms with Crippen molar-refractivity contribution in [2.24, 2.45) is 0 Å². The molecule has 0 saturated heterocycles. The first kappa shape index (κ1) is 25.1. The number of ether oxygens (including phenoxy) is 3. The van der Waals surface area contributed by atoms with E-state index in [1.807, 2.05) is 38.1 Å². The second-order valence-corrected chi connectivity index (χ2v) is 9.12. The van der Waals surface area contributed by atoms with Crippen molar-refractivity contribution in [1.29, 1.82) is 0 Å². The van der Waals surface area contributed by atoms with E-state index >= 15 is 0 Å². The van der Waals surface area contributed by atoms with E-state index in [2.05, 4.69) is 26.0 Å². The summed E-state index contributed by atoms with van der Waals surface area (Å²) in [5.41, 5.74) is 1.87. The lowest BCUT2D eigenvalue weighted by molar-refractivity contribution is 0.0694. The van der Waals surface area contributed by atoms with Crippen molar-refractivity contribution in [3.05, 3.63) is 57.6 Å². The quantitative estimate of drug-likeness (QED) is 0.236. The van der Waals surface area contributed by atoms with Crippen LogP contribution in [0.5, 0.6) is 11.5 Å². The average Bonchev–Trinajstić information content (AvgIpc) is 2.70. The Hall–Kier alpha value is -1.13. The summed E-state index contributed by atoms with van der Waals surface area (Å²) in [5.74, 6) is 1.89. The maximum atomic E-state index is 6.46. The van der Waals surface area contributed by atoms with Crippen LogP contribution in [0.3, 0.4) is 0 Å². The maximum absolute atomic E-state index is 6.46. The van der Waals surface area contributed by atoms with E-state index in [1.54, 1.807) is 0 Å². The fourth-order valence-electron chi connectivity index (χ4n) is 2.99. The fourth-order valence-corrected chi connectivity index (χ4v) is 3.70. The van der Waals surface area contributed by atoms with Crippen LogP contribution < -0.4 is 9.47 Å². The molecule has 0 N–H and O–H groups in total. The highest BCUT2D eigenvalue weighted by molar-refractivity contribution is 6.37. The minimum Gasteiger partial charge on any atom is -0.494 e. The van der Waals surface area contributed by atoms with E-state index in [9.17, 15) is 0 Å². The van der Waals surface area contributed by atoms with Gasteiger partial charge in [-0.25, -0.2) is 0 Å². The molecule has 0 heterocycles. The van der Waals surface area contributed by atoms with Gasteiger partial charge in [0, 0.05) is 17.7 Å². The molecule has 0 radical (unpaired) electrons. The van der Waals surface area contributed by atoms with Crippen LogP contribution in [0.4, 0.5) is 0 Å². The molecule has 2 aromatic carbocycles. The first-order valence-electron chi connectivity index (χ1n) is 10.3. The molecule has 0 saturated carbocycles. The Kier molecular flexibility index (Phi) is 10.1. The lowest BCUT2D eigenvalue weighted by Crippen LogP contribution is -2.19. The van der Waals surface area contributed by atoms with Gasteiger partial charge in [-0.05, 0) is 55.7 Å². The Labute approximate surface area is 195 Å². The molecule has 0 aliphatic heterocycles. The molecule has 0 spiro atoms. The van der Waals surface area contributed by atoms with Crippen molar-refractivity contribution in [3.8, 4) is 11.5 Å². The third-order valence-corrected chi connectivity index (χ3v) is 5.66. The number of halogens is 3. The summed E-state index contributed by atoms with van der Waals surface area (Å²) >= 11 is 18.6. The van der Waals surface area contributed by atoms with Gasteiger partial charge >= 0.3 is 0 Å². The lowest BCUT2D eigenvalue weighted by Gasteiger charge is -2.27. The summed E-state index contributed by atoms with van der Waals surface area (Å²) in [6, 6.07) is 12.0. The lowest BCUT2D eigenvalue weighted by atomic mass is 9.78. The minimum absolute atomic E-state index is 0.250. The average molecular weight is 474 g/mol. The summed E-state index contributed by atoms with van der Waals surface area (Å²) in [6.45, 7) is 10.2. The zero-order valence-electron chi connectivity index (χ0n) is 18.1. The Balaban J connectivity index is 2.05. The molecule has 0 fully saturated rings. The van der Waals surface area contributed by atoms with Gasteiger partial charge in [0.15, 0.2) is 5.75 Å². The number of rotatable bonds is 12. The number of hydrogen-bond donors (Lipinski definition) is 0. The van der Waals surface area contributed by atoms with E-state index in [1.165, 1.54) is 0 Å². The first-order valence-corrected chi connectivity index (χ1v) is 11.6. The van der Waals surface area contributed by atoms with Crippen molar-refractivity contribution in [3.63, 3.8) is 0 Å². The molecule has 166 valence electrons. The fraction of sp³-hybridized carbons (Fsp3) is 0.500. The Morgan fingerprint density at radius 3 is 2.00 bits per heavy atom. The summed E-state index contributed by atoms with van der Waals surface area (Å²) in [7, 11) is 0. The first-order chi connectivity index (χ1) is 14.3. The summed E-state index contributed by atoms with van der Waals surface area (Å²) in [6.07, 6.45) is 1.85. The van der Waals surface area contributed by atoms with Gasteiger partial charge in [-0.15, -0.1) is 11.6 Å². The molecule has 0 aromatic heterocycles. The molecule has 0 bridgehead atoms. The van der Waals surface area contributed by atoms with Crippen molar-refractivity contribution >= 4 is 34.8 Å². The van der Waals surface area contributed by atoms with E-state index in [0.29, 0.717) is 41.5 Å². The molecule has 0 aliphatic rings. The zero-order chi connectivity index (χ0) is 22.1. The molecule has 30 heavy (non-hydrogen) atoms. The molecule has 2 rings (SSSR count). The normalized spacial score (nSPS) is 11.7. The third kappa shape index (κ3) is 7.23. The van der Waals surface area contributed by atoms with Gasteiger partial charge in [0.25, 0.3) is 0 Å². The van der Waals surface area contributed by atoms with E-state index < -0.39 is 0 Å². The van der Waals surface area contributed by atoms with Gasteiger partial charge in [0.05, 0.1) is 36.0 Å². The number of alkyl halides is 1. The van der Waals surface area contributed by atoms with Crippen LogP contribution in [0.1, 0.15) is 51.7 Å². The van der Waals surface area contributed by atoms with Crippen LogP contribution in [0.15, 0.2) is 36.4 Å². The predicted molar refractivity (Wildman–Crippen MR) is 127 cm³/mol. The molecule has 2 aromatic rings. The Morgan fingerprint density at radius 1 is 0.833 bits per heavy atom. The van der Waals surface area contributed by atoms with Crippen molar-refractivity contribution in [1.82, 2.24) is 0 Å². The van der Waals surface area contributed by atoms with Crippen LogP contribution in [0.25, 0.3) is 0 Å². The molecule has 6 heteroatoms. The highest BCUT2D eigenvalue weighted by Crippen LogP contribution is 2.40. The van der Waals surface area contributed by atoms with Crippen LogP contribution in [-0.2, 0) is 10.2 Å². The second-order valence-electron chi connectivity index (χ2n) is 7.93. The summed E-state index contributed by atoms with van der Waals surface area (Å²) in [4.78, 5) is 0. The highest BCUT2D eigenvalue weighted by atomic mass is 35.5. The standard InChI is InChI=1S/C24H31Cl3O3/c1-17(2)28-13-6-14-29-20-9-7-18(8-10-20)24(3,4)19-15-21(26)23(22(27)16-19)30-12-5-11-25/h7-10,15-17H,5-6,11-14H2,1-4H3. The molecular weight excluding hydrogens is 443 g/mol. The van der Waals surface area contributed by atoms with Crippen molar-refractivity contribution < 1.29 is 14.2 Å². The van der Waals surface area contributed by atoms with Crippen LogP contribution in [-0.4, -0.2) is 31.8 Å². The highest BCUT2D eigenvalue weighted by Gasteiger charge is 2.25. The smallest absolute Gasteiger partial charge is 0.156 e. The van der Waals surface area contributed by atoms with Gasteiger partial charge in [-0.1, -0.05) is 49.2 Å². The minimum atomic E-state index is -0.286. The van der Waals surface area contributed by atoms with Crippen LogP contribution >= 0.6 is 34.8 Å². The summed E-state index contributed by atoms with van der Waals surface area (Å²) < 4.78 is 17.0. The summed E-state index contributed by atoms with van der Waals surface area (Å²) in [5, 5.41) is 1.01. The molecule has 0 amide bonds. The van der Waals surface area contributed by atoms with Gasteiger partial charge < -0.3 is 14.2 Å². The maximum Gasteiger partial charge on any atom is 0.156 e. The van der Waals surface area contributed by atoms with Crippen LogP contribution in [0.2, 0.25) is 10.0 Å². The number of hydrogen-bond acceptors (Lipinski definition) is 3. The van der Waals surface area contributed by atoms with Crippen molar-refractivity contribution in [2.45, 2.75) is 52.1 Å². The van der Waals surface area contributed by atoms with Gasteiger partial charge in [0.1, 0.15) is 5.75 Å². The van der Waals surface area contributed by atoms with E-state index in [4.69, 9.17) is 49.0 Å².